The smallest absolute Gasteiger partial charge is 0.202 e. The Morgan fingerprint density at radius 3 is 2.41 bits per heavy atom. The van der Waals surface area contributed by atoms with Crippen LogP contribution in [0.15, 0.2) is 12.1 Å². The van der Waals surface area contributed by atoms with Gasteiger partial charge in [-0.05, 0) is 37.8 Å². The maximum absolute atomic E-state index is 13.5. The zero-order valence-electron chi connectivity index (χ0n) is 9.46. The highest BCUT2D eigenvalue weighted by molar-refractivity contribution is 5.53. The van der Waals surface area contributed by atoms with Crippen molar-refractivity contribution in [1.29, 1.82) is 0 Å². The number of hydrogen-bond donors (Lipinski definition) is 2. The van der Waals surface area contributed by atoms with Gasteiger partial charge in [-0.1, -0.05) is 0 Å². The fourth-order valence-electron chi connectivity index (χ4n) is 2.04. The molecule has 0 radical (unpaired) electrons. The number of rotatable bonds is 2. The van der Waals surface area contributed by atoms with E-state index in [0.717, 1.165) is 31.7 Å². The number of anilines is 1. The summed E-state index contributed by atoms with van der Waals surface area (Å²) in [6.45, 7) is 0. The molecule has 0 aromatic heterocycles. The average Bonchev–Trinajstić information content (AvgIpc) is 2.32. The minimum atomic E-state index is -1.01. The van der Waals surface area contributed by atoms with Gasteiger partial charge in [-0.3, -0.25) is 0 Å². The fourth-order valence-corrected chi connectivity index (χ4v) is 2.04. The molecule has 1 aliphatic carbocycles. The van der Waals surface area contributed by atoms with Crippen molar-refractivity contribution in [2.75, 3.05) is 5.73 Å². The number of hydrogen-bond acceptors (Lipinski definition) is 3. The number of benzene rings is 1. The fraction of sp³-hybridized carbons (Fsp3) is 0.500. The highest BCUT2D eigenvalue weighted by atomic mass is 19.2. The van der Waals surface area contributed by atoms with Crippen molar-refractivity contribution in [3.8, 4) is 5.75 Å². The molecule has 1 aromatic rings. The molecule has 1 fully saturated rings. The van der Waals surface area contributed by atoms with Gasteiger partial charge in [0.2, 0.25) is 5.82 Å². The standard InChI is InChI=1S/C12H16F2N2O/c13-9-5-6-10(16)12(11(9)14)17-8-3-1-7(15)2-4-8/h5-8H,1-4,15-16H2. The predicted molar refractivity (Wildman–Crippen MR) is 61.6 cm³/mol. The molecule has 1 saturated carbocycles. The predicted octanol–water partition coefficient (Wildman–Crippen LogP) is 2.20. The molecular formula is C12H16F2N2O. The maximum atomic E-state index is 13.5. The highest BCUT2D eigenvalue weighted by Crippen LogP contribution is 2.31. The molecule has 0 spiro atoms. The molecule has 0 aliphatic heterocycles. The lowest BCUT2D eigenvalue weighted by atomic mass is 9.94. The van der Waals surface area contributed by atoms with Crippen molar-refractivity contribution < 1.29 is 13.5 Å². The van der Waals surface area contributed by atoms with E-state index in [9.17, 15) is 8.78 Å². The number of ether oxygens (including phenoxy) is 1. The third-order valence-corrected chi connectivity index (χ3v) is 3.08. The molecule has 3 nitrogen and oxygen atoms in total. The van der Waals surface area contributed by atoms with Crippen molar-refractivity contribution >= 4 is 5.69 Å². The summed E-state index contributed by atoms with van der Waals surface area (Å²) in [5.74, 6) is -2.13. The first-order valence-corrected chi connectivity index (χ1v) is 5.73. The molecule has 94 valence electrons. The molecule has 0 unspecified atom stereocenters. The van der Waals surface area contributed by atoms with Crippen LogP contribution < -0.4 is 16.2 Å². The average molecular weight is 242 g/mol. The lowest BCUT2D eigenvalue weighted by Crippen LogP contribution is -2.32. The summed E-state index contributed by atoms with van der Waals surface area (Å²) in [5.41, 5.74) is 11.5. The molecule has 1 aliphatic rings. The molecule has 0 heterocycles. The Morgan fingerprint density at radius 1 is 1.12 bits per heavy atom. The Balaban J connectivity index is 2.11. The second-order valence-electron chi connectivity index (χ2n) is 4.43. The molecule has 4 N–H and O–H groups in total. The van der Waals surface area contributed by atoms with Gasteiger partial charge in [0.1, 0.15) is 0 Å². The van der Waals surface area contributed by atoms with E-state index in [1.54, 1.807) is 0 Å². The summed E-state index contributed by atoms with van der Waals surface area (Å²) in [4.78, 5) is 0. The molecule has 2 rings (SSSR count). The summed E-state index contributed by atoms with van der Waals surface area (Å²) >= 11 is 0. The van der Waals surface area contributed by atoms with Crippen LogP contribution in [-0.2, 0) is 0 Å². The summed E-state index contributed by atoms with van der Waals surface area (Å²) < 4.78 is 32.0. The highest BCUT2D eigenvalue weighted by Gasteiger charge is 2.23. The van der Waals surface area contributed by atoms with E-state index in [1.807, 2.05) is 0 Å². The van der Waals surface area contributed by atoms with Crippen molar-refractivity contribution in [3.05, 3.63) is 23.8 Å². The van der Waals surface area contributed by atoms with E-state index in [4.69, 9.17) is 16.2 Å². The molecular weight excluding hydrogens is 226 g/mol. The van der Waals surface area contributed by atoms with Crippen molar-refractivity contribution in [2.24, 2.45) is 5.73 Å². The van der Waals surface area contributed by atoms with Crippen molar-refractivity contribution in [3.63, 3.8) is 0 Å². The van der Waals surface area contributed by atoms with Gasteiger partial charge in [-0.15, -0.1) is 0 Å². The SMILES string of the molecule is Nc1ccc(F)c(F)c1OC1CCC(N)CC1. The molecule has 0 bridgehead atoms. The van der Waals surface area contributed by atoms with Crippen LogP contribution in [0, 0.1) is 11.6 Å². The Hall–Kier alpha value is -1.36. The molecule has 1 aromatic carbocycles. The van der Waals surface area contributed by atoms with Gasteiger partial charge in [0.25, 0.3) is 0 Å². The Morgan fingerprint density at radius 2 is 1.76 bits per heavy atom. The first kappa shape index (κ1) is 12.1. The van der Waals surface area contributed by atoms with Gasteiger partial charge in [-0.2, -0.15) is 4.39 Å². The topological polar surface area (TPSA) is 61.3 Å². The molecule has 0 atom stereocenters. The second kappa shape index (κ2) is 4.87. The Bertz CT molecular complexity index is 404. The van der Waals surface area contributed by atoms with Crippen LogP contribution >= 0.6 is 0 Å². The van der Waals surface area contributed by atoms with Gasteiger partial charge < -0.3 is 16.2 Å². The quantitative estimate of drug-likeness (QED) is 0.781. The first-order valence-electron chi connectivity index (χ1n) is 5.73. The van der Waals surface area contributed by atoms with E-state index in [-0.39, 0.29) is 23.6 Å². The minimum Gasteiger partial charge on any atom is -0.485 e. The van der Waals surface area contributed by atoms with Gasteiger partial charge in [0.05, 0.1) is 11.8 Å². The summed E-state index contributed by atoms with van der Waals surface area (Å²) in [6, 6.07) is 2.49. The van der Waals surface area contributed by atoms with Crippen LogP contribution in [0.1, 0.15) is 25.7 Å². The van der Waals surface area contributed by atoms with E-state index in [1.165, 1.54) is 6.07 Å². The first-order chi connectivity index (χ1) is 8.08. The number of halogens is 2. The number of nitrogens with two attached hydrogens (primary N) is 2. The van der Waals surface area contributed by atoms with Crippen LogP contribution in [0.5, 0.6) is 5.75 Å². The third kappa shape index (κ3) is 2.66. The summed E-state index contributed by atoms with van der Waals surface area (Å²) in [5, 5.41) is 0. The zero-order valence-corrected chi connectivity index (χ0v) is 9.46. The minimum absolute atomic E-state index is 0.124. The third-order valence-electron chi connectivity index (χ3n) is 3.08. The normalized spacial score (nSPS) is 24.6. The molecule has 5 heteroatoms. The second-order valence-corrected chi connectivity index (χ2v) is 4.43. The summed E-state index contributed by atoms with van der Waals surface area (Å²) in [7, 11) is 0. The van der Waals surface area contributed by atoms with Crippen LogP contribution in [0.25, 0.3) is 0 Å². The largest absolute Gasteiger partial charge is 0.485 e. The van der Waals surface area contributed by atoms with Gasteiger partial charge in [0, 0.05) is 6.04 Å². The van der Waals surface area contributed by atoms with Gasteiger partial charge >= 0.3 is 0 Å². The van der Waals surface area contributed by atoms with E-state index >= 15 is 0 Å². The van der Waals surface area contributed by atoms with Crippen molar-refractivity contribution in [2.45, 2.75) is 37.8 Å². The van der Waals surface area contributed by atoms with Crippen LogP contribution in [0.2, 0.25) is 0 Å². The van der Waals surface area contributed by atoms with E-state index < -0.39 is 11.6 Å². The lowest BCUT2D eigenvalue weighted by Gasteiger charge is -2.27. The Kier molecular flexibility index (Phi) is 3.47. The van der Waals surface area contributed by atoms with E-state index in [0.29, 0.717) is 0 Å². The molecule has 0 amide bonds. The van der Waals surface area contributed by atoms with Crippen LogP contribution in [0.4, 0.5) is 14.5 Å². The Labute approximate surface area is 98.7 Å². The van der Waals surface area contributed by atoms with Gasteiger partial charge in [-0.25, -0.2) is 4.39 Å². The van der Waals surface area contributed by atoms with Gasteiger partial charge in [0.15, 0.2) is 11.6 Å². The van der Waals surface area contributed by atoms with Crippen LogP contribution in [0.3, 0.4) is 0 Å². The van der Waals surface area contributed by atoms with E-state index in [2.05, 4.69) is 0 Å². The lowest BCUT2D eigenvalue weighted by molar-refractivity contribution is 0.141. The zero-order chi connectivity index (χ0) is 12.4. The number of nitrogen functional groups attached to an aromatic ring is 1. The monoisotopic (exact) mass is 242 g/mol. The van der Waals surface area contributed by atoms with Crippen LogP contribution in [-0.4, -0.2) is 12.1 Å². The molecule has 17 heavy (non-hydrogen) atoms. The summed E-state index contributed by atoms with van der Waals surface area (Å²) in [6.07, 6.45) is 3.03. The maximum Gasteiger partial charge on any atom is 0.202 e. The molecule has 0 saturated heterocycles. The van der Waals surface area contributed by atoms with Crippen molar-refractivity contribution in [1.82, 2.24) is 0 Å².